The Bertz CT molecular complexity index is 654. The SMILES string of the molecule is O=S(=O)(Oc1ccc(F)cc1F)c1ccccc1. The fourth-order valence-electron chi connectivity index (χ4n) is 1.30. The summed E-state index contributed by atoms with van der Waals surface area (Å²) in [6.07, 6.45) is 0. The normalized spacial score (nSPS) is 11.2. The summed E-state index contributed by atoms with van der Waals surface area (Å²) in [5, 5.41) is 0. The third-order valence-electron chi connectivity index (χ3n) is 2.13. The van der Waals surface area contributed by atoms with Gasteiger partial charge in [0.2, 0.25) is 0 Å². The number of rotatable bonds is 3. The first-order valence-corrected chi connectivity index (χ1v) is 6.34. The van der Waals surface area contributed by atoms with Crippen LogP contribution in [0.2, 0.25) is 0 Å². The van der Waals surface area contributed by atoms with Crippen LogP contribution in [0.4, 0.5) is 8.78 Å². The molecule has 2 aromatic carbocycles. The average molecular weight is 270 g/mol. The highest BCUT2D eigenvalue weighted by Crippen LogP contribution is 2.22. The van der Waals surface area contributed by atoms with Crippen molar-refractivity contribution in [3.63, 3.8) is 0 Å². The molecule has 0 saturated heterocycles. The molecular weight excluding hydrogens is 262 g/mol. The Kier molecular flexibility index (Phi) is 3.29. The maximum absolute atomic E-state index is 13.3. The Hall–Kier alpha value is -1.95. The first kappa shape index (κ1) is 12.5. The Balaban J connectivity index is 2.34. The predicted molar refractivity (Wildman–Crippen MR) is 60.6 cm³/mol. The molecule has 0 bridgehead atoms. The van der Waals surface area contributed by atoms with Gasteiger partial charge in [0.15, 0.2) is 11.6 Å². The summed E-state index contributed by atoms with van der Waals surface area (Å²) in [6.45, 7) is 0. The minimum Gasteiger partial charge on any atom is -0.376 e. The Morgan fingerprint density at radius 3 is 2.22 bits per heavy atom. The summed E-state index contributed by atoms with van der Waals surface area (Å²) in [7, 11) is -4.11. The molecule has 0 aliphatic rings. The molecule has 0 radical (unpaired) electrons. The summed E-state index contributed by atoms with van der Waals surface area (Å²) >= 11 is 0. The van der Waals surface area contributed by atoms with Gasteiger partial charge in [-0.25, -0.2) is 8.78 Å². The van der Waals surface area contributed by atoms with E-state index in [0.29, 0.717) is 6.07 Å². The van der Waals surface area contributed by atoms with Crippen molar-refractivity contribution in [3.8, 4) is 5.75 Å². The van der Waals surface area contributed by atoms with Crippen molar-refractivity contribution in [3.05, 3.63) is 60.2 Å². The highest BCUT2D eigenvalue weighted by atomic mass is 32.2. The van der Waals surface area contributed by atoms with E-state index in [9.17, 15) is 17.2 Å². The fraction of sp³-hybridized carbons (Fsp3) is 0. The molecule has 0 spiro atoms. The van der Waals surface area contributed by atoms with E-state index in [4.69, 9.17) is 0 Å². The smallest absolute Gasteiger partial charge is 0.339 e. The van der Waals surface area contributed by atoms with Gasteiger partial charge in [-0.3, -0.25) is 0 Å². The van der Waals surface area contributed by atoms with E-state index in [2.05, 4.69) is 4.18 Å². The lowest BCUT2D eigenvalue weighted by Gasteiger charge is -2.07. The molecule has 2 aromatic rings. The maximum Gasteiger partial charge on any atom is 0.339 e. The molecule has 0 saturated carbocycles. The lowest BCUT2D eigenvalue weighted by molar-refractivity contribution is 0.457. The summed E-state index contributed by atoms with van der Waals surface area (Å²) in [6, 6.07) is 9.68. The largest absolute Gasteiger partial charge is 0.376 e. The Morgan fingerprint density at radius 1 is 0.944 bits per heavy atom. The lowest BCUT2D eigenvalue weighted by atomic mass is 10.3. The minimum absolute atomic E-state index is 0.103. The second kappa shape index (κ2) is 4.73. The molecule has 0 aromatic heterocycles. The fourth-order valence-corrected chi connectivity index (χ4v) is 2.25. The van der Waals surface area contributed by atoms with E-state index < -0.39 is 27.5 Å². The summed E-state index contributed by atoms with van der Waals surface area (Å²) in [4.78, 5) is -0.103. The highest BCUT2D eigenvalue weighted by molar-refractivity contribution is 7.87. The van der Waals surface area contributed by atoms with E-state index in [1.807, 2.05) is 0 Å². The molecule has 2 rings (SSSR count). The number of hydrogen-bond acceptors (Lipinski definition) is 3. The van der Waals surface area contributed by atoms with E-state index in [1.54, 1.807) is 6.07 Å². The molecule has 94 valence electrons. The molecule has 0 N–H and O–H groups in total. The molecule has 0 fully saturated rings. The molecule has 0 amide bonds. The van der Waals surface area contributed by atoms with Gasteiger partial charge in [-0.05, 0) is 24.3 Å². The molecule has 6 heteroatoms. The number of benzene rings is 2. The van der Waals surface area contributed by atoms with Crippen LogP contribution in [0.5, 0.6) is 5.75 Å². The Labute approximate surface area is 103 Å². The predicted octanol–water partition coefficient (Wildman–Crippen LogP) is 2.73. The molecule has 3 nitrogen and oxygen atoms in total. The van der Waals surface area contributed by atoms with Crippen LogP contribution in [0.15, 0.2) is 53.4 Å². The van der Waals surface area contributed by atoms with Crippen LogP contribution in [-0.2, 0) is 10.1 Å². The van der Waals surface area contributed by atoms with E-state index in [-0.39, 0.29) is 4.90 Å². The van der Waals surface area contributed by atoms with Crippen molar-refractivity contribution in [2.24, 2.45) is 0 Å². The van der Waals surface area contributed by atoms with E-state index >= 15 is 0 Å². The van der Waals surface area contributed by atoms with Gasteiger partial charge in [-0.15, -0.1) is 0 Å². The second-order valence-corrected chi connectivity index (χ2v) is 4.97. The van der Waals surface area contributed by atoms with Crippen LogP contribution in [-0.4, -0.2) is 8.42 Å². The quantitative estimate of drug-likeness (QED) is 0.805. The van der Waals surface area contributed by atoms with Crippen molar-refractivity contribution in [2.45, 2.75) is 4.90 Å². The molecule has 18 heavy (non-hydrogen) atoms. The molecule has 0 atom stereocenters. The third kappa shape index (κ3) is 2.65. The van der Waals surface area contributed by atoms with Crippen LogP contribution < -0.4 is 4.18 Å². The van der Waals surface area contributed by atoms with Gasteiger partial charge in [-0.1, -0.05) is 18.2 Å². The standard InChI is InChI=1S/C12H8F2O3S/c13-9-6-7-12(11(14)8-9)17-18(15,16)10-4-2-1-3-5-10/h1-8H. The lowest BCUT2D eigenvalue weighted by Crippen LogP contribution is -2.10. The van der Waals surface area contributed by atoms with Gasteiger partial charge in [0.1, 0.15) is 10.7 Å². The zero-order valence-corrected chi connectivity index (χ0v) is 9.82. The van der Waals surface area contributed by atoms with Crippen molar-refractivity contribution in [1.82, 2.24) is 0 Å². The zero-order chi connectivity index (χ0) is 13.2. The molecular formula is C12H8F2O3S. The maximum atomic E-state index is 13.3. The van der Waals surface area contributed by atoms with Crippen molar-refractivity contribution in [1.29, 1.82) is 0 Å². The first-order chi connectivity index (χ1) is 8.49. The molecule has 0 heterocycles. The van der Waals surface area contributed by atoms with Crippen LogP contribution >= 0.6 is 0 Å². The monoisotopic (exact) mass is 270 g/mol. The number of halogens is 2. The summed E-state index contributed by atoms with van der Waals surface area (Å²) in [5.41, 5.74) is 0. The van der Waals surface area contributed by atoms with Gasteiger partial charge in [0.05, 0.1) is 0 Å². The molecule has 0 aliphatic carbocycles. The summed E-state index contributed by atoms with van der Waals surface area (Å²) in [5.74, 6) is -2.42. The van der Waals surface area contributed by atoms with Crippen molar-refractivity contribution < 1.29 is 21.4 Å². The molecule has 0 unspecified atom stereocenters. The van der Waals surface area contributed by atoms with Gasteiger partial charge < -0.3 is 4.18 Å². The van der Waals surface area contributed by atoms with Gasteiger partial charge in [0, 0.05) is 6.07 Å². The van der Waals surface area contributed by atoms with Crippen LogP contribution in [0.1, 0.15) is 0 Å². The topological polar surface area (TPSA) is 43.4 Å². The second-order valence-electron chi connectivity index (χ2n) is 3.43. The van der Waals surface area contributed by atoms with Crippen molar-refractivity contribution in [2.75, 3.05) is 0 Å². The average Bonchev–Trinajstić information content (AvgIpc) is 2.34. The van der Waals surface area contributed by atoms with Crippen LogP contribution in [0.3, 0.4) is 0 Å². The van der Waals surface area contributed by atoms with Crippen LogP contribution in [0.25, 0.3) is 0 Å². The van der Waals surface area contributed by atoms with E-state index in [1.165, 1.54) is 24.3 Å². The minimum atomic E-state index is -4.11. The molecule has 0 aliphatic heterocycles. The zero-order valence-electron chi connectivity index (χ0n) is 9.01. The van der Waals surface area contributed by atoms with Crippen molar-refractivity contribution >= 4 is 10.1 Å². The Morgan fingerprint density at radius 2 is 1.61 bits per heavy atom. The van der Waals surface area contributed by atoms with Gasteiger partial charge in [0.25, 0.3) is 0 Å². The highest BCUT2D eigenvalue weighted by Gasteiger charge is 2.18. The first-order valence-electron chi connectivity index (χ1n) is 4.93. The van der Waals surface area contributed by atoms with Crippen LogP contribution in [0, 0.1) is 11.6 Å². The number of hydrogen-bond donors (Lipinski definition) is 0. The van der Waals surface area contributed by atoms with Gasteiger partial charge in [-0.2, -0.15) is 8.42 Å². The summed E-state index contributed by atoms with van der Waals surface area (Å²) < 4.78 is 54.0. The third-order valence-corrected chi connectivity index (χ3v) is 3.37. The van der Waals surface area contributed by atoms with E-state index in [0.717, 1.165) is 12.1 Å². The van der Waals surface area contributed by atoms with Gasteiger partial charge >= 0.3 is 10.1 Å².